The number of pyridine rings is 1. The van der Waals surface area contributed by atoms with Gasteiger partial charge < -0.3 is 20.6 Å². The second-order valence-electron chi connectivity index (χ2n) is 17.0. The van der Waals surface area contributed by atoms with Crippen LogP contribution < -0.4 is 26.4 Å². The quantitative estimate of drug-likeness (QED) is 0.0608. The van der Waals surface area contributed by atoms with Gasteiger partial charge in [-0.1, -0.05) is 31.9 Å². The minimum Gasteiger partial charge on any atom is -0.385 e. The molecule has 0 saturated carbocycles. The fraction of sp³-hybridized carbons (Fsp3) is 0.404. The Balaban J connectivity index is 0.727. The molecule has 17 nitrogen and oxygen atoms in total. The number of carbonyl (C=O) groups excluding carboxylic acids is 4. The number of nitrogens with one attached hydrogen (secondary N) is 3. The van der Waals surface area contributed by atoms with Gasteiger partial charge in [-0.05, 0) is 99.2 Å². The predicted octanol–water partition coefficient (Wildman–Crippen LogP) is 4.65. The number of allylic oxidation sites excluding steroid dienone is 1. The lowest BCUT2D eigenvalue weighted by atomic mass is 9.98. The molecule has 64 heavy (non-hydrogen) atoms. The van der Waals surface area contributed by atoms with Crippen LogP contribution >= 0.6 is 0 Å². The molecule has 0 spiro atoms. The summed E-state index contributed by atoms with van der Waals surface area (Å²) in [6.07, 6.45) is 9.59. The summed E-state index contributed by atoms with van der Waals surface area (Å²) in [5.41, 5.74) is 4.09. The van der Waals surface area contributed by atoms with E-state index < -0.39 is 35.3 Å². The fourth-order valence-corrected chi connectivity index (χ4v) is 9.36. The third-order valence-electron chi connectivity index (χ3n) is 13.0. The standard InChI is InChI=1S/C47H53N11O6/c1-3-22-56-43(61)36-29-49-46(53-41(36)58(56)38-17-9-30-19-20-47(64,4-2)40(30)51-38)50-31-10-13-33(14-11-31)55-26-24-54(25-27-55)23-8-6-5-7-21-48-32-12-15-34-35(28-32)45(63)57(44(34)62)37-16-18-39(59)52-42(37)60/h3,9-15,17,28-29,37,48,64H,1,4-8,16,18-27H2,2H3,(H,49,50,53)(H,52,59,60)/t37?,47-/m1/s1. The van der Waals surface area contributed by atoms with E-state index in [2.05, 4.69) is 49.4 Å². The highest BCUT2D eigenvalue weighted by Crippen LogP contribution is 2.38. The average molecular weight is 868 g/mol. The molecule has 1 unspecified atom stereocenters. The van der Waals surface area contributed by atoms with Gasteiger partial charge in [-0.25, -0.2) is 19.3 Å². The molecule has 3 aliphatic heterocycles. The number of hydrogen-bond donors (Lipinski definition) is 4. The average Bonchev–Trinajstić information content (AvgIpc) is 3.88. The van der Waals surface area contributed by atoms with E-state index in [0.717, 1.165) is 98.9 Å². The van der Waals surface area contributed by atoms with Crippen LogP contribution in [0.4, 0.5) is 23.0 Å². The summed E-state index contributed by atoms with van der Waals surface area (Å²) in [7, 11) is 0. The second-order valence-corrected chi connectivity index (χ2v) is 17.0. The number of anilines is 4. The van der Waals surface area contributed by atoms with E-state index in [1.807, 2.05) is 31.2 Å². The molecule has 0 bridgehead atoms. The van der Waals surface area contributed by atoms with Gasteiger partial charge in [0.2, 0.25) is 17.8 Å². The zero-order chi connectivity index (χ0) is 44.5. The van der Waals surface area contributed by atoms with Crippen LogP contribution in [-0.4, -0.2) is 108 Å². The van der Waals surface area contributed by atoms with Gasteiger partial charge in [0, 0.05) is 62.4 Å². The van der Waals surface area contributed by atoms with Crippen molar-refractivity contribution in [2.45, 2.75) is 82.9 Å². The van der Waals surface area contributed by atoms with Crippen LogP contribution in [0.5, 0.6) is 0 Å². The van der Waals surface area contributed by atoms with Gasteiger partial charge in [-0.3, -0.25) is 39.1 Å². The first-order valence-corrected chi connectivity index (χ1v) is 22.3. The van der Waals surface area contributed by atoms with Crippen LogP contribution in [0.25, 0.3) is 16.9 Å². The van der Waals surface area contributed by atoms with Crippen molar-refractivity contribution >= 4 is 57.7 Å². The fourth-order valence-electron chi connectivity index (χ4n) is 9.36. The van der Waals surface area contributed by atoms with E-state index in [0.29, 0.717) is 41.3 Å². The molecule has 3 aromatic heterocycles. The molecular formula is C47H53N11O6. The smallest absolute Gasteiger partial charge is 0.278 e. The number of aromatic nitrogens is 5. The Morgan fingerprint density at radius 3 is 2.42 bits per heavy atom. The molecule has 2 saturated heterocycles. The number of amides is 4. The number of piperazine rings is 1. The number of rotatable bonds is 16. The molecular weight excluding hydrogens is 815 g/mol. The zero-order valence-electron chi connectivity index (χ0n) is 36.0. The molecule has 2 aromatic carbocycles. The van der Waals surface area contributed by atoms with Crippen molar-refractivity contribution in [3.05, 3.63) is 106 Å². The molecule has 332 valence electrons. The van der Waals surface area contributed by atoms with Crippen molar-refractivity contribution in [1.82, 2.24) is 39.4 Å². The maximum absolute atomic E-state index is 13.5. The van der Waals surface area contributed by atoms with Crippen molar-refractivity contribution in [2.75, 3.05) is 54.8 Å². The first-order valence-electron chi connectivity index (χ1n) is 22.3. The van der Waals surface area contributed by atoms with Gasteiger partial charge in [0.1, 0.15) is 17.0 Å². The molecule has 0 radical (unpaired) electrons. The molecule has 9 rings (SSSR count). The van der Waals surface area contributed by atoms with Crippen molar-refractivity contribution in [2.24, 2.45) is 0 Å². The van der Waals surface area contributed by atoms with E-state index in [-0.39, 0.29) is 36.1 Å². The number of unbranched alkanes of at least 4 members (excludes halogenated alkanes) is 3. The Labute approximate surface area is 370 Å². The van der Waals surface area contributed by atoms with E-state index in [1.165, 1.54) is 4.68 Å². The van der Waals surface area contributed by atoms with Gasteiger partial charge >= 0.3 is 0 Å². The molecule has 2 atom stereocenters. The number of fused-ring (bicyclic) bond motifs is 3. The van der Waals surface area contributed by atoms with Crippen LogP contribution in [0.1, 0.15) is 90.3 Å². The minimum absolute atomic E-state index is 0.0885. The maximum Gasteiger partial charge on any atom is 0.278 e. The highest BCUT2D eigenvalue weighted by molar-refractivity contribution is 6.23. The maximum atomic E-state index is 13.5. The van der Waals surface area contributed by atoms with Gasteiger partial charge in [0.15, 0.2) is 11.5 Å². The van der Waals surface area contributed by atoms with Crippen LogP contribution in [0.2, 0.25) is 0 Å². The molecule has 4 N–H and O–H groups in total. The topological polar surface area (TPSA) is 200 Å². The number of carbonyl (C=O) groups is 4. The Kier molecular flexibility index (Phi) is 11.8. The number of piperidine rings is 1. The van der Waals surface area contributed by atoms with Crippen molar-refractivity contribution < 1.29 is 24.3 Å². The largest absolute Gasteiger partial charge is 0.385 e. The lowest BCUT2D eigenvalue weighted by Crippen LogP contribution is -2.54. The number of nitrogens with zero attached hydrogens (tertiary/aromatic N) is 8. The summed E-state index contributed by atoms with van der Waals surface area (Å²) in [6.45, 7) is 11.7. The molecule has 17 heteroatoms. The predicted molar refractivity (Wildman–Crippen MR) is 242 cm³/mol. The van der Waals surface area contributed by atoms with E-state index in [1.54, 1.807) is 35.2 Å². The molecule has 4 amide bonds. The summed E-state index contributed by atoms with van der Waals surface area (Å²) < 4.78 is 3.23. The second kappa shape index (κ2) is 17.8. The van der Waals surface area contributed by atoms with Gasteiger partial charge in [-0.2, -0.15) is 4.98 Å². The van der Waals surface area contributed by atoms with Crippen molar-refractivity contribution in [3.8, 4) is 5.82 Å². The Morgan fingerprint density at radius 2 is 1.66 bits per heavy atom. The zero-order valence-corrected chi connectivity index (χ0v) is 36.0. The van der Waals surface area contributed by atoms with E-state index >= 15 is 0 Å². The third-order valence-corrected chi connectivity index (χ3v) is 13.0. The van der Waals surface area contributed by atoms with Crippen LogP contribution in [-0.2, 0) is 28.2 Å². The summed E-state index contributed by atoms with van der Waals surface area (Å²) in [6, 6.07) is 16.2. The van der Waals surface area contributed by atoms with Gasteiger partial charge in [-0.15, -0.1) is 6.58 Å². The number of benzene rings is 2. The highest BCUT2D eigenvalue weighted by atomic mass is 16.3. The van der Waals surface area contributed by atoms with Gasteiger partial charge in [0.05, 0.1) is 23.4 Å². The highest BCUT2D eigenvalue weighted by Gasteiger charge is 2.44. The molecule has 5 aromatic rings. The molecule has 1 aliphatic carbocycles. The van der Waals surface area contributed by atoms with Gasteiger partial charge in [0.25, 0.3) is 17.4 Å². The van der Waals surface area contributed by atoms with Crippen molar-refractivity contribution in [3.63, 3.8) is 0 Å². The molecule has 4 aliphatic rings. The lowest BCUT2D eigenvalue weighted by molar-refractivity contribution is -0.136. The van der Waals surface area contributed by atoms with Crippen molar-refractivity contribution in [1.29, 1.82) is 0 Å². The Bertz CT molecular complexity index is 2700. The number of imide groups is 2. The lowest BCUT2D eigenvalue weighted by Gasteiger charge is -2.36. The summed E-state index contributed by atoms with van der Waals surface area (Å²) in [5, 5.41) is 20.5. The molecule has 2 fully saturated rings. The minimum atomic E-state index is -0.999. The summed E-state index contributed by atoms with van der Waals surface area (Å²) in [4.78, 5) is 83.6. The number of hydrogen-bond acceptors (Lipinski definition) is 13. The number of aryl methyl sites for hydroxylation is 1. The number of aliphatic hydroxyl groups is 1. The SMILES string of the molecule is C=CCn1c(=O)c2cnc(Nc3ccc(N4CCN(CCCCCCNc5ccc6c(c5)C(=O)N(C5CCC(=O)NC5=O)C6=O)CC4)cc3)nc2n1-c1ccc2c(n1)[C@@](O)(CC)CC2. The summed E-state index contributed by atoms with van der Waals surface area (Å²) in [5.74, 6) is -1.17. The molecule has 6 heterocycles. The summed E-state index contributed by atoms with van der Waals surface area (Å²) >= 11 is 0. The normalized spacial score (nSPS) is 19.9. The Hall–Kier alpha value is -6.72. The van der Waals surface area contributed by atoms with E-state index in [4.69, 9.17) is 9.97 Å². The first-order chi connectivity index (χ1) is 31.0. The van der Waals surface area contributed by atoms with Crippen LogP contribution in [0.15, 0.2) is 78.2 Å². The monoisotopic (exact) mass is 867 g/mol. The van der Waals surface area contributed by atoms with Crippen LogP contribution in [0, 0.1) is 0 Å². The van der Waals surface area contributed by atoms with E-state index in [9.17, 15) is 29.1 Å². The first kappa shape index (κ1) is 42.6. The Morgan fingerprint density at radius 1 is 0.891 bits per heavy atom. The van der Waals surface area contributed by atoms with Crippen LogP contribution in [0.3, 0.4) is 0 Å². The third kappa shape index (κ3) is 8.16.